The maximum Gasteiger partial charge on any atom is 0.247 e. The lowest BCUT2D eigenvalue weighted by Gasteiger charge is -2.34. The third-order valence-electron chi connectivity index (χ3n) is 4.84. The van der Waals surface area contributed by atoms with Crippen molar-refractivity contribution < 1.29 is 4.39 Å². The number of aromatic nitrogens is 3. The molecule has 6 nitrogen and oxygen atoms in total. The molecule has 0 spiro atoms. The van der Waals surface area contributed by atoms with Crippen LogP contribution in [0, 0.1) is 5.82 Å². The van der Waals surface area contributed by atoms with Gasteiger partial charge in [-0.25, -0.2) is 4.39 Å². The van der Waals surface area contributed by atoms with Crippen LogP contribution in [0.3, 0.4) is 0 Å². The lowest BCUT2D eigenvalue weighted by atomic mass is 10.2. The summed E-state index contributed by atoms with van der Waals surface area (Å²) in [5.41, 5.74) is 2.32. The van der Waals surface area contributed by atoms with Gasteiger partial charge in [-0.15, -0.1) is 5.10 Å². The summed E-state index contributed by atoms with van der Waals surface area (Å²) >= 11 is 0. The Morgan fingerprint density at radius 2 is 1.64 bits per heavy atom. The number of hydrogen-bond donors (Lipinski definition) is 1. The molecule has 1 N–H and O–H groups in total. The van der Waals surface area contributed by atoms with Gasteiger partial charge in [0.1, 0.15) is 5.82 Å². The van der Waals surface area contributed by atoms with Crippen molar-refractivity contribution >= 4 is 11.8 Å². The normalized spacial score (nSPS) is 14.8. The molecule has 1 fully saturated rings. The Morgan fingerprint density at radius 3 is 2.39 bits per heavy atom. The Bertz CT molecular complexity index is 879. The molecule has 2 heterocycles. The van der Waals surface area contributed by atoms with Gasteiger partial charge in [-0.1, -0.05) is 42.5 Å². The number of halogens is 1. The van der Waals surface area contributed by atoms with Crippen LogP contribution in [-0.4, -0.2) is 46.3 Å². The van der Waals surface area contributed by atoms with Gasteiger partial charge < -0.3 is 10.2 Å². The Morgan fingerprint density at radius 1 is 0.893 bits per heavy atom. The lowest BCUT2D eigenvalue weighted by molar-refractivity contribution is 0.248. The molecule has 0 amide bonds. The van der Waals surface area contributed by atoms with Crippen molar-refractivity contribution in [3.63, 3.8) is 0 Å². The molecule has 3 aromatic rings. The van der Waals surface area contributed by atoms with Crippen molar-refractivity contribution in [3.8, 4) is 0 Å². The molecule has 0 unspecified atom stereocenters. The number of hydrogen-bond acceptors (Lipinski definition) is 6. The zero-order chi connectivity index (χ0) is 19.2. The standard InChI is InChI=1S/C21H23FN6/c22-19-8-6-17(7-9-19)14-23-20-15-24-26-21(25-20)28-12-10-27(11-13-28)16-18-4-2-1-3-5-18/h1-9,15H,10-14,16H2,(H,23,25,26). The Balaban J connectivity index is 1.31. The van der Waals surface area contributed by atoms with Crippen molar-refractivity contribution in [2.24, 2.45) is 0 Å². The Kier molecular flexibility index (Phi) is 5.72. The zero-order valence-corrected chi connectivity index (χ0v) is 15.6. The minimum absolute atomic E-state index is 0.235. The minimum Gasteiger partial charge on any atom is -0.365 e. The molecule has 0 aliphatic carbocycles. The second kappa shape index (κ2) is 8.75. The number of benzene rings is 2. The number of nitrogens with zero attached hydrogens (tertiary/aromatic N) is 5. The van der Waals surface area contributed by atoms with Crippen LogP contribution in [0.1, 0.15) is 11.1 Å². The summed E-state index contributed by atoms with van der Waals surface area (Å²) in [6.45, 7) is 5.19. The molecule has 1 aliphatic heterocycles. The molecule has 2 aromatic carbocycles. The van der Waals surface area contributed by atoms with E-state index in [1.807, 2.05) is 6.07 Å². The van der Waals surface area contributed by atoms with Gasteiger partial charge >= 0.3 is 0 Å². The van der Waals surface area contributed by atoms with Gasteiger partial charge in [0.05, 0.1) is 6.20 Å². The average molecular weight is 378 g/mol. The van der Waals surface area contributed by atoms with Crippen LogP contribution in [0.15, 0.2) is 60.8 Å². The quantitative estimate of drug-likeness (QED) is 0.712. The van der Waals surface area contributed by atoms with E-state index < -0.39 is 0 Å². The number of piperazine rings is 1. The highest BCUT2D eigenvalue weighted by atomic mass is 19.1. The van der Waals surface area contributed by atoms with E-state index in [1.54, 1.807) is 18.3 Å². The van der Waals surface area contributed by atoms with Gasteiger partial charge in [0.15, 0.2) is 5.82 Å². The maximum absolute atomic E-state index is 13.0. The third-order valence-corrected chi connectivity index (χ3v) is 4.84. The first-order valence-electron chi connectivity index (χ1n) is 9.45. The van der Waals surface area contributed by atoms with E-state index in [0.29, 0.717) is 18.3 Å². The molecule has 1 saturated heterocycles. The summed E-state index contributed by atoms with van der Waals surface area (Å²) in [5.74, 6) is 1.07. The molecule has 1 aromatic heterocycles. The maximum atomic E-state index is 13.0. The molecule has 28 heavy (non-hydrogen) atoms. The number of rotatable bonds is 6. The Labute approximate surface area is 164 Å². The molecule has 7 heteroatoms. The van der Waals surface area contributed by atoms with Crippen molar-refractivity contribution in [1.29, 1.82) is 0 Å². The zero-order valence-electron chi connectivity index (χ0n) is 15.6. The van der Waals surface area contributed by atoms with E-state index in [-0.39, 0.29) is 5.82 Å². The third kappa shape index (κ3) is 4.80. The molecule has 4 rings (SSSR count). The second-order valence-corrected chi connectivity index (χ2v) is 6.87. The van der Waals surface area contributed by atoms with Gasteiger partial charge in [0.25, 0.3) is 0 Å². The predicted octanol–water partition coefficient (Wildman–Crippen LogP) is 2.95. The SMILES string of the molecule is Fc1ccc(CNc2cnnc(N3CCN(Cc4ccccc4)CC3)n2)cc1. The van der Waals surface area contributed by atoms with E-state index >= 15 is 0 Å². The highest BCUT2D eigenvalue weighted by Gasteiger charge is 2.19. The van der Waals surface area contributed by atoms with Gasteiger partial charge in [0.2, 0.25) is 5.95 Å². The van der Waals surface area contributed by atoms with E-state index in [1.165, 1.54) is 17.7 Å². The van der Waals surface area contributed by atoms with Crippen LogP contribution in [0.2, 0.25) is 0 Å². The first-order chi connectivity index (χ1) is 13.8. The average Bonchev–Trinajstić information content (AvgIpc) is 2.75. The van der Waals surface area contributed by atoms with Crippen molar-refractivity contribution in [2.45, 2.75) is 13.1 Å². The van der Waals surface area contributed by atoms with Crippen LogP contribution in [0.25, 0.3) is 0 Å². The fourth-order valence-electron chi connectivity index (χ4n) is 3.26. The predicted molar refractivity (Wildman–Crippen MR) is 107 cm³/mol. The summed E-state index contributed by atoms with van der Waals surface area (Å²) in [6.07, 6.45) is 1.61. The van der Waals surface area contributed by atoms with Gasteiger partial charge in [-0.3, -0.25) is 4.90 Å². The topological polar surface area (TPSA) is 57.2 Å². The fourth-order valence-corrected chi connectivity index (χ4v) is 3.26. The van der Waals surface area contributed by atoms with Crippen LogP contribution < -0.4 is 10.2 Å². The van der Waals surface area contributed by atoms with Crippen LogP contribution in [-0.2, 0) is 13.1 Å². The van der Waals surface area contributed by atoms with Gasteiger partial charge in [-0.05, 0) is 23.3 Å². The summed E-state index contributed by atoms with van der Waals surface area (Å²) < 4.78 is 13.0. The molecule has 1 aliphatic rings. The minimum atomic E-state index is -0.235. The molecule has 144 valence electrons. The van der Waals surface area contributed by atoms with Gasteiger partial charge in [0, 0.05) is 39.3 Å². The number of anilines is 2. The summed E-state index contributed by atoms with van der Waals surface area (Å²) in [7, 11) is 0. The highest BCUT2D eigenvalue weighted by Crippen LogP contribution is 2.15. The fraction of sp³-hybridized carbons (Fsp3) is 0.286. The molecule has 0 radical (unpaired) electrons. The van der Waals surface area contributed by atoms with Crippen LogP contribution >= 0.6 is 0 Å². The van der Waals surface area contributed by atoms with E-state index in [4.69, 9.17) is 0 Å². The molecule has 0 saturated carbocycles. The Hall–Kier alpha value is -3.06. The molecular weight excluding hydrogens is 355 g/mol. The highest BCUT2D eigenvalue weighted by molar-refractivity contribution is 5.40. The first kappa shape index (κ1) is 18.3. The summed E-state index contributed by atoms with van der Waals surface area (Å²) in [6, 6.07) is 16.9. The molecular formula is C21H23FN6. The molecule has 0 bridgehead atoms. The van der Waals surface area contributed by atoms with E-state index in [0.717, 1.165) is 38.3 Å². The van der Waals surface area contributed by atoms with Crippen molar-refractivity contribution in [2.75, 3.05) is 36.4 Å². The second-order valence-electron chi connectivity index (χ2n) is 6.87. The number of nitrogens with one attached hydrogen (secondary N) is 1. The molecule has 0 atom stereocenters. The van der Waals surface area contributed by atoms with Crippen molar-refractivity contribution in [1.82, 2.24) is 20.1 Å². The monoisotopic (exact) mass is 378 g/mol. The van der Waals surface area contributed by atoms with Gasteiger partial charge in [-0.2, -0.15) is 10.1 Å². The van der Waals surface area contributed by atoms with E-state index in [2.05, 4.69) is 54.6 Å². The van der Waals surface area contributed by atoms with E-state index in [9.17, 15) is 4.39 Å². The summed E-state index contributed by atoms with van der Waals surface area (Å²) in [5, 5.41) is 11.5. The first-order valence-corrected chi connectivity index (χ1v) is 9.45. The largest absolute Gasteiger partial charge is 0.365 e. The van der Waals surface area contributed by atoms with Crippen LogP contribution in [0.5, 0.6) is 0 Å². The van der Waals surface area contributed by atoms with Crippen molar-refractivity contribution in [3.05, 3.63) is 77.7 Å². The lowest BCUT2D eigenvalue weighted by Crippen LogP contribution is -2.46. The smallest absolute Gasteiger partial charge is 0.247 e. The summed E-state index contributed by atoms with van der Waals surface area (Å²) in [4.78, 5) is 9.19. The van der Waals surface area contributed by atoms with Crippen LogP contribution in [0.4, 0.5) is 16.2 Å².